The fourth-order valence-electron chi connectivity index (χ4n) is 0.937. The predicted octanol–water partition coefficient (Wildman–Crippen LogP) is 0.951. The molecular weight excluding hydrogens is 196 g/mol. The third-order valence-electron chi connectivity index (χ3n) is 2.14. The minimum atomic E-state index is -0.354. The third kappa shape index (κ3) is 10.1. The fourth-order valence-corrected chi connectivity index (χ4v) is 0.937. The summed E-state index contributed by atoms with van der Waals surface area (Å²) in [5.74, 6) is 0. The molecule has 0 amide bonds. The van der Waals surface area contributed by atoms with Gasteiger partial charge in [0.15, 0.2) is 0 Å². The Labute approximate surface area is 92.2 Å². The van der Waals surface area contributed by atoms with Crippen LogP contribution in [0.4, 0.5) is 0 Å². The van der Waals surface area contributed by atoms with Gasteiger partial charge < -0.3 is 19.7 Å². The highest BCUT2D eigenvalue weighted by molar-refractivity contribution is 4.50. The minimum absolute atomic E-state index is 0.354. The zero-order valence-corrected chi connectivity index (χ0v) is 9.82. The molecule has 2 atom stereocenters. The van der Waals surface area contributed by atoms with Gasteiger partial charge in [-0.05, 0) is 19.3 Å². The van der Waals surface area contributed by atoms with Crippen LogP contribution in [0.2, 0.25) is 0 Å². The van der Waals surface area contributed by atoms with Crippen molar-refractivity contribution in [2.75, 3.05) is 26.4 Å². The van der Waals surface area contributed by atoms with Gasteiger partial charge in [0.25, 0.3) is 0 Å². The number of hydrogen-bond donors (Lipinski definition) is 2. The first-order valence-electron chi connectivity index (χ1n) is 5.72. The van der Waals surface area contributed by atoms with Crippen molar-refractivity contribution in [3.8, 4) is 0 Å². The van der Waals surface area contributed by atoms with Gasteiger partial charge in [-0.1, -0.05) is 13.8 Å². The molecule has 15 heavy (non-hydrogen) atoms. The van der Waals surface area contributed by atoms with Crippen molar-refractivity contribution >= 4 is 0 Å². The van der Waals surface area contributed by atoms with Crippen LogP contribution in [-0.4, -0.2) is 48.8 Å². The monoisotopic (exact) mass is 220 g/mol. The summed E-state index contributed by atoms with van der Waals surface area (Å²) in [7, 11) is 0. The SMILES string of the molecule is CCC(O)COCCCOCC(O)CC. The van der Waals surface area contributed by atoms with Crippen LogP contribution in [-0.2, 0) is 9.47 Å². The van der Waals surface area contributed by atoms with Crippen LogP contribution >= 0.6 is 0 Å². The van der Waals surface area contributed by atoms with E-state index in [-0.39, 0.29) is 12.2 Å². The van der Waals surface area contributed by atoms with Crippen molar-refractivity contribution in [3.63, 3.8) is 0 Å². The van der Waals surface area contributed by atoms with E-state index in [0.717, 1.165) is 19.3 Å². The number of aliphatic hydroxyl groups excluding tert-OH is 2. The smallest absolute Gasteiger partial charge is 0.0771 e. The van der Waals surface area contributed by atoms with Crippen LogP contribution in [0.3, 0.4) is 0 Å². The molecule has 2 N–H and O–H groups in total. The summed E-state index contributed by atoms with van der Waals surface area (Å²) in [4.78, 5) is 0. The normalized spacial score (nSPS) is 15.2. The molecule has 0 aliphatic carbocycles. The summed E-state index contributed by atoms with van der Waals surface area (Å²) < 4.78 is 10.5. The van der Waals surface area contributed by atoms with Crippen LogP contribution in [0.5, 0.6) is 0 Å². The lowest BCUT2D eigenvalue weighted by atomic mass is 10.3. The van der Waals surface area contributed by atoms with E-state index in [4.69, 9.17) is 9.47 Å². The third-order valence-corrected chi connectivity index (χ3v) is 2.14. The predicted molar refractivity (Wildman–Crippen MR) is 58.9 cm³/mol. The van der Waals surface area contributed by atoms with Crippen molar-refractivity contribution < 1.29 is 19.7 Å². The van der Waals surface area contributed by atoms with Crippen molar-refractivity contribution in [2.24, 2.45) is 0 Å². The van der Waals surface area contributed by atoms with E-state index in [1.165, 1.54) is 0 Å². The molecule has 0 aromatic heterocycles. The second-order valence-electron chi connectivity index (χ2n) is 3.63. The molecule has 0 radical (unpaired) electrons. The van der Waals surface area contributed by atoms with Gasteiger partial charge in [0, 0.05) is 13.2 Å². The molecule has 4 nitrogen and oxygen atoms in total. The second-order valence-corrected chi connectivity index (χ2v) is 3.63. The summed E-state index contributed by atoms with van der Waals surface area (Å²) in [5, 5.41) is 18.4. The van der Waals surface area contributed by atoms with Gasteiger partial charge in [0.2, 0.25) is 0 Å². The van der Waals surface area contributed by atoms with Crippen molar-refractivity contribution in [1.29, 1.82) is 0 Å². The number of ether oxygens (including phenoxy) is 2. The Hall–Kier alpha value is -0.160. The number of hydrogen-bond acceptors (Lipinski definition) is 4. The van der Waals surface area contributed by atoms with Gasteiger partial charge in [-0.3, -0.25) is 0 Å². The summed E-state index contributed by atoms with van der Waals surface area (Å²) >= 11 is 0. The molecule has 92 valence electrons. The van der Waals surface area contributed by atoms with Crippen LogP contribution in [0, 0.1) is 0 Å². The molecule has 2 unspecified atom stereocenters. The minimum Gasteiger partial charge on any atom is -0.391 e. The lowest BCUT2D eigenvalue weighted by molar-refractivity contribution is 0.00700. The standard InChI is InChI=1S/C11H24O4/c1-3-10(12)8-14-6-5-7-15-9-11(13)4-2/h10-13H,3-9H2,1-2H3. The molecule has 0 aromatic rings. The van der Waals surface area contributed by atoms with E-state index in [9.17, 15) is 10.2 Å². The van der Waals surface area contributed by atoms with E-state index < -0.39 is 0 Å². The Morgan fingerprint density at radius 2 is 1.27 bits per heavy atom. The second kappa shape index (κ2) is 10.4. The summed E-state index contributed by atoms with van der Waals surface area (Å²) in [6.45, 7) is 5.83. The van der Waals surface area contributed by atoms with E-state index in [2.05, 4.69) is 0 Å². The first-order valence-corrected chi connectivity index (χ1v) is 5.72. The van der Waals surface area contributed by atoms with Crippen molar-refractivity contribution in [2.45, 2.75) is 45.3 Å². The first kappa shape index (κ1) is 14.8. The van der Waals surface area contributed by atoms with Crippen LogP contribution < -0.4 is 0 Å². The summed E-state index contributed by atoms with van der Waals surface area (Å²) in [6.07, 6.45) is 1.53. The zero-order chi connectivity index (χ0) is 11.5. The highest BCUT2D eigenvalue weighted by atomic mass is 16.5. The quantitative estimate of drug-likeness (QED) is 0.538. The molecule has 0 heterocycles. The molecule has 0 saturated heterocycles. The Balaban J connectivity index is 3.05. The van der Waals surface area contributed by atoms with Crippen LogP contribution in [0.15, 0.2) is 0 Å². The average Bonchev–Trinajstić information content (AvgIpc) is 2.26. The summed E-state index contributed by atoms with van der Waals surface area (Å²) in [5.41, 5.74) is 0. The number of aliphatic hydroxyl groups is 2. The van der Waals surface area contributed by atoms with Crippen molar-refractivity contribution in [3.05, 3.63) is 0 Å². The fraction of sp³-hybridized carbons (Fsp3) is 1.00. The summed E-state index contributed by atoms with van der Waals surface area (Å²) in [6, 6.07) is 0. The Kier molecular flexibility index (Phi) is 10.3. The Morgan fingerprint density at radius 1 is 0.867 bits per heavy atom. The lowest BCUT2D eigenvalue weighted by Crippen LogP contribution is -2.16. The maximum atomic E-state index is 9.18. The Bertz CT molecular complexity index is 116. The van der Waals surface area contributed by atoms with Gasteiger partial charge >= 0.3 is 0 Å². The molecular formula is C11H24O4. The largest absolute Gasteiger partial charge is 0.391 e. The molecule has 0 fully saturated rings. The molecule has 0 bridgehead atoms. The van der Waals surface area contributed by atoms with E-state index >= 15 is 0 Å². The molecule has 0 aliphatic rings. The van der Waals surface area contributed by atoms with E-state index in [0.29, 0.717) is 26.4 Å². The van der Waals surface area contributed by atoms with E-state index in [1.807, 2.05) is 13.8 Å². The van der Waals surface area contributed by atoms with Gasteiger partial charge in [0.05, 0.1) is 25.4 Å². The topological polar surface area (TPSA) is 58.9 Å². The Morgan fingerprint density at radius 3 is 1.60 bits per heavy atom. The zero-order valence-electron chi connectivity index (χ0n) is 9.82. The molecule has 0 rings (SSSR count). The van der Waals surface area contributed by atoms with Crippen molar-refractivity contribution in [1.82, 2.24) is 0 Å². The highest BCUT2D eigenvalue weighted by Gasteiger charge is 2.01. The van der Waals surface area contributed by atoms with Crippen LogP contribution in [0.25, 0.3) is 0 Å². The average molecular weight is 220 g/mol. The maximum Gasteiger partial charge on any atom is 0.0771 e. The number of rotatable bonds is 10. The maximum absolute atomic E-state index is 9.18. The van der Waals surface area contributed by atoms with Gasteiger partial charge in [-0.25, -0.2) is 0 Å². The molecule has 0 aliphatic heterocycles. The molecule has 4 heteroatoms. The van der Waals surface area contributed by atoms with Crippen LogP contribution in [0.1, 0.15) is 33.1 Å². The highest BCUT2D eigenvalue weighted by Crippen LogP contribution is 1.94. The van der Waals surface area contributed by atoms with E-state index in [1.54, 1.807) is 0 Å². The lowest BCUT2D eigenvalue weighted by Gasteiger charge is -2.10. The first-order chi connectivity index (χ1) is 7.20. The molecule has 0 aromatic carbocycles. The van der Waals surface area contributed by atoms with Gasteiger partial charge in [-0.2, -0.15) is 0 Å². The van der Waals surface area contributed by atoms with Gasteiger partial charge in [0.1, 0.15) is 0 Å². The molecule has 0 saturated carbocycles. The van der Waals surface area contributed by atoms with Gasteiger partial charge in [-0.15, -0.1) is 0 Å². The molecule has 0 spiro atoms.